The Morgan fingerprint density at radius 1 is 1.03 bits per heavy atom. The Bertz CT molecular complexity index is 861. The smallest absolute Gasteiger partial charge is 0.265 e. The van der Waals surface area contributed by atoms with E-state index in [1.165, 1.54) is 0 Å². The molecule has 0 saturated heterocycles. The summed E-state index contributed by atoms with van der Waals surface area (Å²) in [6, 6.07) is 13.1. The topological polar surface area (TPSA) is 67.4 Å². The minimum absolute atomic E-state index is 0.0595. The normalized spacial score (nSPS) is 12.9. The third kappa shape index (κ3) is 6.08. The molecule has 2 rings (SSSR count). The number of benzene rings is 2. The number of para-hydroxylation sites is 1. The number of amides is 2. The summed E-state index contributed by atoms with van der Waals surface area (Å²) in [5.74, 6) is 0.492. The van der Waals surface area contributed by atoms with Crippen molar-refractivity contribution >= 4 is 17.5 Å². The van der Waals surface area contributed by atoms with E-state index in [1.807, 2.05) is 39.0 Å². The van der Waals surface area contributed by atoms with E-state index in [0.29, 0.717) is 17.0 Å². The lowest BCUT2D eigenvalue weighted by Gasteiger charge is -2.20. The summed E-state index contributed by atoms with van der Waals surface area (Å²) in [6.07, 6.45) is 0.125. The van der Waals surface area contributed by atoms with Crippen LogP contribution in [0.1, 0.15) is 68.4 Å². The number of anilines is 1. The summed E-state index contributed by atoms with van der Waals surface area (Å²) in [6.45, 7) is 11.8. The Kier molecular flexibility index (Phi) is 7.82. The van der Waals surface area contributed by atoms with Gasteiger partial charge in [-0.3, -0.25) is 9.59 Å². The number of nitrogens with one attached hydrogen (secondary N) is 2. The van der Waals surface area contributed by atoms with Crippen LogP contribution in [0.25, 0.3) is 0 Å². The van der Waals surface area contributed by atoms with Gasteiger partial charge in [-0.1, -0.05) is 45.0 Å². The van der Waals surface area contributed by atoms with Gasteiger partial charge >= 0.3 is 0 Å². The number of hydrogen-bond acceptors (Lipinski definition) is 3. The van der Waals surface area contributed by atoms with E-state index >= 15 is 0 Å². The fourth-order valence-electron chi connectivity index (χ4n) is 2.89. The van der Waals surface area contributed by atoms with Crippen LogP contribution < -0.4 is 15.4 Å². The monoisotopic (exact) mass is 396 g/mol. The lowest BCUT2D eigenvalue weighted by Crippen LogP contribution is -2.34. The van der Waals surface area contributed by atoms with E-state index in [2.05, 4.69) is 24.5 Å². The summed E-state index contributed by atoms with van der Waals surface area (Å²) < 4.78 is 5.99. The fraction of sp³-hybridized carbons (Fsp3) is 0.417. The second-order valence-electron chi connectivity index (χ2n) is 7.77. The molecule has 156 valence electrons. The highest BCUT2D eigenvalue weighted by molar-refractivity contribution is 6.04. The molecule has 2 aromatic rings. The maximum atomic E-state index is 12.8. The first-order valence-electron chi connectivity index (χ1n) is 10.2. The van der Waals surface area contributed by atoms with Crippen molar-refractivity contribution in [3.05, 3.63) is 59.2 Å². The van der Waals surface area contributed by atoms with Gasteiger partial charge in [0.1, 0.15) is 5.75 Å². The van der Waals surface area contributed by atoms with E-state index in [-0.39, 0.29) is 23.8 Å². The molecule has 2 aromatic carbocycles. The molecule has 0 spiro atoms. The van der Waals surface area contributed by atoms with E-state index in [9.17, 15) is 9.59 Å². The molecule has 0 fully saturated rings. The maximum absolute atomic E-state index is 12.8. The maximum Gasteiger partial charge on any atom is 0.265 e. The third-order valence-corrected chi connectivity index (χ3v) is 4.88. The molecular weight excluding hydrogens is 364 g/mol. The minimum Gasteiger partial charge on any atom is -0.481 e. The molecule has 0 aliphatic rings. The molecule has 2 atom stereocenters. The van der Waals surface area contributed by atoms with Crippen LogP contribution in [0.2, 0.25) is 0 Å². The molecule has 0 aliphatic heterocycles. The zero-order valence-corrected chi connectivity index (χ0v) is 18.2. The number of hydrogen-bond donors (Lipinski definition) is 2. The van der Waals surface area contributed by atoms with Crippen molar-refractivity contribution in [2.45, 2.75) is 66.0 Å². The molecule has 0 aliphatic carbocycles. The molecule has 0 aromatic heterocycles. The van der Waals surface area contributed by atoms with Crippen molar-refractivity contribution in [2.75, 3.05) is 5.32 Å². The van der Waals surface area contributed by atoms with Crippen molar-refractivity contribution in [3.8, 4) is 5.75 Å². The molecule has 0 unspecified atom stereocenters. The van der Waals surface area contributed by atoms with Crippen LogP contribution in [0.15, 0.2) is 42.5 Å². The number of ether oxygens (including phenoxy) is 1. The van der Waals surface area contributed by atoms with Crippen molar-refractivity contribution in [3.63, 3.8) is 0 Å². The van der Waals surface area contributed by atoms with Gasteiger partial charge in [-0.2, -0.15) is 0 Å². The molecule has 5 heteroatoms. The highest BCUT2D eigenvalue weighted by Crippen LogP contribution is 2.28. The van der Waals surface area contributed by atoms with Gasteiger partial charge in [0.05, 0.1) is 11.3 Å². The van der Waals surface area contributed by atoms with Gasteiger partial charge in [0.15, 0.2) is 6.10 Å². The molecule has 2 amide bonds. The quantitative estimate of drug-likeness (QED) is 0.656. The first-order valence-corrected chi connectivity index (χ1v) is 10.2. The molecule has 0 heterocycles. The summed E-state index contributed by atoms with van der Waals surface area (Å²) in [5, 5.41) is 5.77. The number of carbonyl (C=O) groups excluding carboxylic acids is 2. The second kappa shape index (κ2) is 10.1. The SMILES string of the molecule is CC[C@H](C)NC(=O)c1ccccc1NC(=O)[C@@H](C)Oc1cc(C)ccc1C(C)C. The first-order chi connectivity index (χ1) is 13.7. The summed E-state index contributed by atoms with van der Waals surface area (Å²) >= 11 is 0. The average molecular weight is 397 g/mol. The van der Waals surface area contributed by atoms with Crippen molar-refractivity contribution in [1.82, 2.24) is 5.32 Å². The van der Waals surface area contributed by atoms with Gasteiger partial charge in [-0.25, -0.2) is 0 Å². The van der Waals surface area contributed by atoms with Crippen LogP contribution in [0.5, 0.6) is 5.75 Å². The Hall–Kier alpha value is -2.82. The third-order valence-electron chi connectivity index (χ3n) is 4.88. The highest BCUT2D eigenvalue weighted by Gasteiger charge is 2.20. The summed E-state index contributed by atoms with van der Waals surface area (Å²) in [4.78, 5) is 25.3. The van der Waals surface area contributed by atoms with Crippen molar-refractivity contribution in [1.29, 1.82) is 0 Å². The predicted octanol–water partition coefficient (Wildman–Crippen LogP) is 5.05. The number of rotatable bonds is 8. The van der Waals surface area contributed by atoms with Gasteiger partial charge in [-0.15, -0.1) is 0 Å². The van der Waals surface area contributed by atoms with E-state index in [4.69, 9.17) is 4.74 Å². The standard InChI is InChI=1S/C24H32N2O3/c1-7-17(5)25-24(28)20-10-8-9-11-21(20)26-23(27)18(6)29-22-14-16(4)12-13-19(22)15(2)3/h8-15,17-18H,7H2,1-6H3,(H,25,28)(H,26,27)/t17-,18+/m0/s1. The Morgan fingerprint density at radius 2 is 1.72 bits per heavy atom. The Labute approximate surface area is 173 Å². The zero-order valence-electron chi connectivity index (χ0n) is 18.2. The van der Waals surface area contributed by atoms with Crippen LogP contribution >= 0.6 is 0 Å². The number of carbonyl (C=O) groups is 2. The van der Waals surface area contributed by atoms with Gasteiger partial charge < -0.3 is 15.4 Å². The molecule has 2 N–H and O–H groups in total. The predicted molar refractivity (Wildman–Crippen MR) is 118 cm³/mol. The molecule has 0 saturated carbocycles. The Morgan fingerprint density at radius 3 is 2.38 bits per heavy atom. The molecule has 5 nitrogen and oxygen atoms in total. The Balaban J connectivity index is 2.15. The number of aryl methyl sites for hydroxylation is 1. The summed E-state index contributed by atoms with van der Waals surface area (Å²) in [5.41, 5.74) is 3.04. The average Bonchev–Trinajstić information content (AvgIpc) is 2.67. The van der Waals surface area contributed by atoms with Crippen LogP contribution in [-0.2, 0) is 4.79 Å². The fourth-order valence-corrected chi connectivity index (χ4v) is 2.89. The van der Waals surface area contributed by atoms with Gasteiger partial charge in [0.2, 0.25) is 0 Å². The molecule has 0 bridgehead atoms. The molecular formula is C24H32N2O3. The molecule has 29 heavy (non-hydrogen) atoms. The van der Waals surface area contributed by atoms with Crippen LogP contribution in [0.4, 0.5) is 5.69 Å². The van der Waals surface area contributed by atoms with Crippen molar-refractivity contribution in [2.24, 2.45) is 0 Å². The zero-order chi connectivity index (χ0) is 21.6. The van der Waals surface area contributed by atoms with Crippen molar-refractivity contribution < 1.29 is 14.3 Å². The minimum atomic E-state index is -0.708. The van der Waals surface area contributed by atoms with Crippen LogP contribution in [0, 0.1) is 6.92 Å². The lowest BCUT2D eigenvalue weighted by molar-refractivity contribution is -0.122. The molecule has 0 radical (unpaired) electrons. The van der Waals surface area contributed by atoms with Gasteiger partial charge in [-0.05, 0) is 62.4 Å². The second-order valence-corrected chi connectivity index (χ2v) is 7.77. The first kappa shape index (κ1) is 22.5. The van der Waals surface area contributed by atoms with E-state index in [0.717, 1.165) is 17.5 Å². The highest BCUT2D eigenvalue weighted by atomic mass is 16.5. The van der Waals surface area contributed by atoms with Gasteiger partial charge in [0.25, 0.3) is 11.8 Å². The van der Waals surface area contributed by atoms with E-state index in [1.54, 1.807) is 31.2 Å². The van der Waals surface area contributed by atoms with Crippen LogP contribution in [-0.4, -0.2) is 24.0 Å². The largest absolute Gasteiger partial charge is 0.481 e. The van der Waals surface area contributed by atoms with Gasteiger partial charge in [0, 0.05) is 6.04 Å². The summed E-state index contributed by atoms with van der Waals surface area (Å²) in [7, 11) is 0. The van der Waals surface area contributed by atoms with Crippen LogP contribution in [0.3, 0.4) is 0 Å². The van der Waals surface area contributed by atoms with E-state index < -0.39 is 6.10 Å². The lowest BCUT2D eigenvalue weighted by atomic mass is 10.0.